The van der Waals surface area contributed by atoms with Crippen LogP contribution in [0.5, 0.6) is 0 Å². The molecule has 1 fully saturated rings. The third kappa shape index (κ3) is 3.09. The summed E-state index contributed by atoms with van der Waals surface area (Å²) in [4.78, 5) is 2.41. The van der Waals surface area contributed by atoms with Gasteiger partial charge in [0.2, 0.25) is 0 Å². The third-order valence-corrected chi connectivity index (χ3v) is 4.03. The molecule has 1 unspecified atom stereocenters. The van der Waals surface area contributed by atoms with Crippen LogP contribution in [0.3, 0.4) is 0 Å². The number of aryl methyl sites for hydroxylation is 1. The van der Waals surface area contributed by atoms with E-state index in [1.807, 2.05) is 42.3 Å². The van der Waals surface area contributed by atoms with Gasteiger partial charge in [-0.25, -0.2) is 0 Å². The van der Waals surface area contributed by atoms with Crippen molar-refractivity contribution in [2.75, 3.05) is 25.4 Å². The smallest absolute Gasteiger partial charge is 0.106 e. The minimum Gasteiger partial charge on any atom is -0.399 e. The highest BCUT2D eigenvalue weighted by atomic mass is 16.5. The molecule has 2 heterocycles. The Morgan fingerprint density at radius 2 is 2.29 bits per heavy atom. The summed E-state index contributed by atoms with van der Waals surface area (Å²) in [6.45, 7) is 5.55. The first kappa shape index (κ1) is 14.1. The summed E-state index contributed by atoms with van der Waals surface area (Å²) >= 11 is 0. The van der Waals surface area contributed by atoms with Crippen LogP contribution >= 0.6 is 0 Å². The molecule has 1 atom stereocenters. The lowest BCUT2D eigenvalue weighted by Crippen LogP contribution is -2.47. The maximum Gasteiger partial charge on any atom is 0.106 e. The second kappa shape index (κ2) is 5.50. The van der Waals surface area contributed by atoms with Crippen molar-refractivity contribution in [2.24, 2.45) is 7.05 Å². The average molecular weight is 286 g/mol. The highest BCUT2D eigenvalue weighted by molar-refractivity contribution is 5.40. The van der Waals surface area contributed by atoms with Crippen molar-refractivity contribution in [1.29, 1.82) is 0 Å². The normalized spacial score (nSPS) is 23.3. The van der Waals surface area contributed by atoms with Crippen molar-refractivity contribution < 1.29 is 4.74 Å². The largest absolute Gasteiger partial charge is 0.399 e. The predicted molar refractivity (Wildman–Crippen MR) is 82.6 cm³/mol. The molecule has 2 aromatic rings. The van der Waals surface area contributed by atoms with Gasteiger partial charge in [0.05, 0.1) is 12.8 Å². The Morgan fingerprint density at radius 3 is 3.00 bits per heavy atom. The van der Waals surface area contributed by atoms with Gasteiger partial charge in [-0.15, -0.1) is 0 Å². The molecule has 0 saturated carbocycles. The zero-order chi connectivity index (χ0) is 14.9. The van der Waals surface area contributed by atoms with Crippen LogP contribution in [0, 0.1) is 0 Å². The summed E-state index contributed by atoms with van der Waals surface area (Å²) in [5.74, 6) is 0. The zero-order valence-electron chi connectivity index (χ0n) is 12.6. The Balaban J connectivity index is 1.73. The standard InChI is InChI=1S/C16H22N4O/c1-16(14-9-18-19(2)11-14)12-20(6-7-21-16)10-13-4-3-5-15(17)8-13/h3-5,8-9,11H,6-7,10,12,17H2,1-2H3. The van der Waals surface area contributed by atoms with Crippen LogP contribution in [0.2, 0.25) is 0 Å². The molecule has 112 valence electrons. The Kier molecular flexibility index (Phi) is 3.69. The summed E-state index contributed by atoms with van der Waals surface area (Å²) in [5, 5.41) is 4.26. The van der Waals surface area contributed by atoms with Gasteiger partial charge >= 0.3 is 0 Å². The fourth-order valence-electron chi connectivity index (χ4n) is 2.90. The minimum atomic E-state index is -0.299. The number of morpholine rings is 1. The monoisotopic (exact) mass is 286 g/mol. The van der Waals surface area contributed by atoms with Gasteiger partial charge in [0.15, 0.2) is 0 Å². The molecular formula is C16H22N4O. The van der Waals surface area contributed by atoms with Crippen LogP contribution in [0.15, 0.2) is 36.7 Å². The van der Waals surface area contributed by atoms with E-state index >= 15 is 0 Å². The average Bonchev–Trinajstić information content (AvgIpc) is 2.86. The number of aromatic nitrogens is 2. The van der Waals surface area contributed by atoms with E-state index < -0.39 is 0 Å². The van der Waals surface area contributed by atoms with Gasteiger partial charge < -0.3 is 10.5 Å². The molecule has 1 aromatic carbocycles. The fraction of sp³-hybridized carbons (Fsp3) is 0.438. The van der Waals surface area contributed by atoms with E-state index in [-0.39, 0.29) is 5.60 Å². The number of nitrogens with two attached hydrogens (primary N) is 1. The summed E-state index contributed by atoms with van der Waals surface area (Å²) in [7, 11) is 1.93. The van der Waals surface area contributed by atoms with E-state index in [1.165, 1.54) is 5.56 Å². The van der Waals surface area contributed by atoms with Crippen molar-refractivity contribution in [3.05, 3.63) is 47.8 Å². The molecule has 0 amide bonds. The second-order valence-electron chi connectivity index (χ2n) is 5.94. The van der Waals surface area contributed by atoms with Gasteiger partial charge in [-0.05, 0) is 24.6 Å². The quantitative estimate of drug-likeness (QED) is 0.873. The maximum atomic E-state index is 6.04. The van der Waals surface area contributed by atoms with Crippen molar-refractivity contribution in [3.63, 3.8) is 0 Å². The number of anilines is 1. The van der Waals surface area contributed by atoms with Crippen molar-refractivity contribution >= 4 is 5.69 Å². The highest BCUT2D eigenvalue weighted by Gasteiger charge is 2.34. The molecule has 0 bridgehead atoms. The van der Waals surface area contributed by atoms with E-state index in [4.69, 9.17) is 10.5 Å². The zero-order valence-corrected chi connectivity index (χ0v) is 12.6. The molecule has 1 aliphatic heterocycles. The Morgan fingerprint density at radius 1 is 1.43 bits per heavy atom. The summed E-state index contributed by atoms with van der Waals surface area (Å²) in [6.07, 6.45) is 3.92. The van der Waals surface area contributed by atoms with Crippen LogP contribution in [0.25, 0.3) is 0 Å². The summed E-state index contributed by atoms with van der Waals surface area (Å²) in [6, 6.07) is 8.08. The maximum absolute atomic E-state index is 6.04. The molecule has 0 aliphatic carbocycles. The van der Waals surface area contributed by atoms with Gasteiger partial charge in [-0.2, -0.15) is 5.10 Å². The lowest BCUT2D eigenvalue weighted by molar-refractivity contribution is -0.105. The lowest BCUT2D eigenvalue weighted by Gasteiger charge is -2.40. The number of nitrogen functional groups attached to an aromatic ring is 1. The first-order valence-electron chi connectivity index (χ1n) is 7.25. The first-order chi connectivity index (χ1) is 10.0. The second-order valence-corrected chi connectivity index (χ2v) is 5.94. The van der Waals surface area contributed by atoms with Gasteiger partial charge in [0.1, 0.15) is 5.60 Å². The van der Waals surface area contributed by atoms with Crippen LogP contribution < -0.4 is 5.73 Å². The van der Waals surface area contributed by atoms with Crippen LogP contribution in [0.4, 0.5) is 5.69 Å². The highest BCUT2D eigenvalue weighted by Crippen LogP contribution is 2.29. The van der Waals surface area contributed by atoms with Crippen molar-refractivity contribution in [2.45, 2.75) is 19.1 Å². The van der Waals surface area contributed by atoms with Crippen molar-refractivity contribution in [1.82, 2.24) is 14.7 Å². The summed E-state index contributed by atoms with van der Waals surface area (Å²) in [5.41, 5.74) is 8.74. The van der Waals surface area contributed by atoms with Gasteiger partial charge in [0, 0.05) is 44.1 Å². The molecule has 1 aliphatic rings. The van der Waals surface area contributed by atoms with E-state index in [0.717, 1.165) is 37.5 Å². The van der Waals surface area contributed by atoms with E-state index in [9.17, 15) is 0 Å². The molecule has 1 saturated heterocycles. The van der Waals surface area contributed by atoms with Crippen LogP contribution in [-0.4, -0.2) is 34.4 Å². The molecule has 5 nitrogen and oxygen atoms in total. The van der Waals surface area contributed by atoms with Crippen molar-refractivity contribution in [3.8, 4) is 0 Å². The van der Waals surface area contributed by atoms with Crippen LogP contribution in [-0.2, 0) is 23.9 Å². The fourth-order valence-corrected chi connectivity index (χ4v) is 2.90. The van der Waals surface area contributed by atoms with E-state index in [2.05, 4.69) is 23.0 Å². The molecule has 21 heavy (non-hydrogen) atoms. The molecule has 0 radical (unpaired) electrons. The first-order valence-corrected chi connectivity index (χ1v) is 7.25. The van der Waals surface area contributed by atoms with E-state index in [0.29, 0.717) is 0 Å². The molecule has 0 spiro atoms. The summed E-state index contributed by atoms with van der Waals surface area (Å²) < 4.78 is 7.86. The predicted octanol–water partition coefficient (Wildman–Crippen LogP) is 1.75. The number of nitrogens with zero attached hydrogens (tertiary/aromatic N) is 3. The third-order valence-electron chi connectivity index (χ3n) is 4.03. The van der Waals surface area contributed by atoms with Crippen LogP contribution in [0.1, 0.15) is 18.1 Å². The molecule has 5 heteroatoms. The topological polar surface area (TPSA) is 56.3 Å². The lowest BCUT2D eigenvalue weighted by atomic mass is 9.96. The van der Waals surface area contributed by atoms with Gasteiger partial charge in [-0.1, -0.05) is 12.1 Å². The van der Waals surface area contributed by atoms with E-state index in [1.54, 1.807) is 0 Å². The van der Waals surface area contributed by atoms with Gasteiger partial charge in [-0.3, -0.25) is 9.58 Å². The number of hydrogen-bond acceptors (Lipinski definition) is 4. The number of hydrogen-bond donors (Lipinski definition) is 1. The minimum absolute atomic E-state index is 0.299. The number of ether oxygens (including phenoxy) is 1. The number of benzene rings is 1. The Hall–Kier alpha value is -1.85. The Bertz CT molecular complexity index is 624. The van der Waals surface area contributed by atoms with Gasteiger partial charge in [0.25, 0.3) is 0 Å². The number of rotatable bonds is 3. The molecule has 2 N–H and O–H groups in total. The molecule has 1 aromatic heterocycles. The Labute approximate surface area is 125 Å². The SMILES string of the molecule is Cn1cc(C2(C)CN(Cc3cccc(N)c3)CCO2)cn1. The molecular weight excluding hydrogens is 264 g/mol. The molecule has 3 rings (SSSR count).